The third-order valence-corrected chi connectivity index (χ3v) is 2.22. The predicted octanol–water partition coefficient (Wildman–Crippen LogP) is 0.714. The van der Waals surface area contributed by atoms with Crippen LogP contribution in [-0.2, 0) is 4.79 Å². The fourth-order valence-electron chi connectivity index (χ4n) is 1.35. The molecule has 0 bridgehead atoms. The lowest BCUT2D eigenvalue weighted by molar-refractivity contribution is -0.123. The number of aromatic nitrogens is 2. The molecule has 0 spiro atoms. The normalized spacial score (nSPS) is 14.6. The summed E-state index contributed by atoms with van der Waals surface area (Å²) in [6.07, 6.45) is 4.99. The minimum atomic E-state index is -0.424. The summed E-state index contributed by atoms with van der Waals surface area (Å²) < 4.78 is 0. The van der Waals surface area contributed by atoms with Crippen LogP contribution in [0.2, 0.25) is 0 Å². The first-order chi connectivity index (χ1) is 7.15. The van der Waals surface area contributed by atoms with Crippen molar-refractivity contribution in [3.05, 3.63) is 18.2 Å². The molecule has 2 atom stereocenters. The van der Waals surface area contributed by atoms with Gasteiger partial charge >= 0.3 is 0 Å². The Morgan fingerprint density at radius 1 is 1.73 bits per heavy atom. The number of rotatable bonds is 5. The van der Waals surface area contributed by atoms with Gasteiger partial charge in [0.25, 0.3) is 0 Å². The monoisotopic (exact) mass is 210 g/mol. The van der Waals surface area contributed by atoms with E-state index in [0.717, 1.165) is 12.2 Å². The number of carbonyl (C=O) groups excluding carboxylic acids is 1. The molecule has 0 aliphatic heterocycles. The van der Waals surface area contributed by atoms with Crippen LogP contribution < -0.4 is 11.1 Å². The highest BCUT2D eigenvalue weighted by Crippen LogP contribution is 2.05. The minimum absolute atomic E-state index is 0.124. The van der Waals surface area contributed by atoms with Gasteiger partial charge in [-0.3, -0.25) is 4.79 Å². The van der Waals surface area contributed by atoms with E-state index in [9.17, 15) is 4.79 Å². The van der Waals surface area contributed by atoms with Crippen molar-refractivity contribution in [2.75, 3.05) is 0 Å². The average Bonchev–Trinajstić information content (AvgIpc) is 2.70. The number of H-pyrrole nitrogens is 1. The number of imidazole rings is 1. The van der Waals surface area contributed by atoms with E-state index >= 15 is 0 Å². The predicted molar refractivity (Wildman–Crippen MR) is 58.0 cm³/mol. The maximum absolute atomic E-state index is 11.6. The van der Waals surface area contributed by atoms with Crippen molar-refractivity contribution in [2.45, 2.75) is 38.8 Å². The topological polar surface area (TPSA) is 83.8 Å². The molecule has 1 aromatic rings. The highest BCUT2D eigenvalue weighted by atomic mass is 16.2. The smallest absolute Gasteiger partial charge is 0.237 e. The summed E-state index contributed by atoms with van der Waals surface area (Å²) in [6, 6.07) is -0.553. The fraction of sp³-hybridized carbons (Fsp3) is 0.600. The van der Waals surface area contributed by atoms with Gasteiger partial charge in [0.1, 0.15) is 5.82 Å². The molecular formula is C10H18N4O. The Balaban J connectivity index is 2.44. The first kappa shape index (κ1) is 11.7. The van der Waals surface area contributed by atoms with Crippen LogP contribution in [0, 0.1) is 0 Å². The molecule has 4 N–H and O–H groups in total. The number of nitrogens with zero attached hydrogens (tertiary/aromatic N) is 1. The van der Waals surface area contributed by atoms with Crippen LogP contribution in [-0.4, -0.2) is 21.9 Å². The summed E-state index contributed by atoms with van der Waals surface area (Å²) in [5.74, 6) is 0.618. The molecule has 0 saturated heterocycles. The van der Waals surface area contributed by atoms with Crippen molar-refractivity contribution in [1.82, 2.24) is 15.3 Å². The summed E-state index contributed by atoms with van der Waals surface area (Å²) in [4.78, 5) is 18.6. The second kappa shape index (κ2) is 5.50. The van der Waals surface area contributed by atoms with E-state index in [1.807, 2.05) is 13.8 Å². The zero-order valence-electron chi connectivity index (χ0n) is 9.16. The molecule has 0 aliphatic carbocycles. The zero-order chi connectivity index (χ0) is 11.3. The molecule has 15 heavy (non-hydrogen) atoms. The third-order valence-electron chi connectivity index (χ3n) is 2.22. The molecule has 1 rings (SSSR count). The lowest BCUT2D eigenvalue weighted by atomic mass is 10.1. The lowest BCUT2D eigenvalue weighted by Crippen LogP contribution is -2.41. The number of hydrogen-bond acceptors (Lipinski definition) is 3. The molecule has 0 fully saturated rings. The fourth-order valence-corrected chi connectivity index (χ4v) is 1.35. The second-order valence-electron chi connectivity index (χ2n) is 3.60. The molecule has 84 valence electrons. The van der Waals surface area contributed by atoms with Crippen LogP contribution in [0.15, 0.2) is 12.4 Å². The Morgan fingerprint density at radius 3 is 3.00 bits per heavy atom. The molecule has 0 radical (unpaired) electrons. The second-order valence-corrected chi connectivity index (χ2v) is 3.60. The molecule has 1 heterocycles. The van der Waals surface area contributed by atoms with Crippen LogP contribution in [0.5, 0.6) is 0 Å². The van der Waals surface area contributed by atoms with Crippen molar-refractivity contribution in [3.8, 4) is 0 Å². The van der Waals surface area contributed by atoms with E-state index < -0.39 is 6.04 Å². The Hall–Kier alpha value is -1.36. The maximum Gasteiger partial charge on any atom is 0.237 e. The lowest BCUT2D eigenvalue weighted by Gasteiger charge is -2.15. The largest absolute Gasteiger partial charge is 0.347 e. The molecule has 0 aromatic carbocycles. The van der Waals surface area contributed by atoms with E-state index in [-0.39, 0.29) is 11.9 Å². The minimum Gasteiger partial charge on any atom is -0.347 e. The van der Waals surface area contributed by atoms with Crippen LogP contribution in [0.1, 0.15) is 38.6 Å². The van der Waals surface area contributed by atoms with Crippen LogP contribution in [0.4, 0.5) is 0 Å². The molecule has 1 unspecified atom stereocenters. The van der Waals surface area contributed by atoms with Gasteiger partial charge in [0.15, 0.2) is 0 Å². The third kappa shape index (κ3) is 3.36. The van der Waals surface area contributed by atoms with Gasteiger partial charge in [-0.1, -0.05) is 13.3 Å². The van der Waals surface area contributed by atoms with Gasteiger partial charge in [0.2, 0.25) is 5.91 Å². The SMILES string of the molecule is CCC[C@H](N)C(=O)NC(C)c1ncc[nH]1. The van der Waals surface area contributed by atoms with Gasteiger partial charge < -0.3 is 16.0 Å². The maximum atomic E-state index is 11.6. The van der Waals surface area contributed by atoms with Crippen molar-refractivity contribution < 1.29 is 4.79 Å². The average molecular weight is 210 g/mol. The Kier molecular flexibility index (Phi) is 4.30. The van der Waals surface area contributed by atoms with Gasteiger partial charge in [-0.15, -0.1) is 0 Å². The molecule has 1 amide bonds. The number of aromatic amines is 1. The zero-order valence-corrected chi connectivity index (χ0v) is 9.16. The molecule has 0 aliphatic rings. The summed E-state index contributed by atoms with van der Waals surface area (Å²) >= 11 is 0. The number of nitrogens with one attached hydrogen (secondary N) is 2. The number of amides is 1. The molecule has 5 heteroatoms. The summed E-state index contributed by atoms with van der Waals surface area (Å²) in [5, 5.41) is 2.81. The highest BCUT2D eigenvalue weighted by Gasteiger charge is 2.16. The van der Waals surface area contributed by atoms with Gasteiger partial charge in [0, 0.05) is 12.4 Å². The molecular weight excluding hydrogens is 192 g/mol. The van der Waals surface area contributed by atoms with Crippen molar-refractivity contribution in [2.24, 2.45) is 5.73 Å². The number of carbonyl (C=O) groups is 1. The Labute approximate surface area is 89.5 Å². The van der Waals surface area contributed by atoms with Crippen molar-refractivity contribution in [3.63, 3.8) is 0 Å². The molecule has 5 nitrogen and oxygen atoms in total. The first-order valence-corrected chi connectivity index (χ1v) is 5.20. The van der Waals surface area contributed by atoms with E-state index in [1.54, 1.807) is 12.4 Å². The quantitative estimate of drug-likeness (QED) is 0.669. The first-order valence-electron chi connectivity index (χ1n) is 5.20. The number of hydrogen-bond donors (Lipinski definition) is 3. The molecule has 0 saturated carbocycles. The van der Waals surface area contributed by atoms with E-state index in [1.165, 1.54) is 0 Å². The van der Waals surface area contributed by atoms with Crippen LogP contribution in [0.25, 0.3) is 0 Å². The van der Waals surface area contributed by atoms with Crippen LogP contribution in [0.3, 0.4) is 0 Å². The van der Waals surface area contributed by atoms with Gasteiger partial charge in [-0.05, 0) is 13.3 Å². The summed E-state index contributed by atoms with van der Waals surface area (Å²) in [6.45, 7) is 3.87. The van der Waals surface area contributed by atoms with Gasteiger partial charge in [0.05, 0.1) is 12.1 Å². The number of nitrogens with two attached hydrogens (primary N) is 1. The van der Waals surface area contributed by atoms with E-state index in [0.29, 0.717) is 6.42 Å². The summed E-state index contributed by atoms with van der Waals surface area (Å²) in [5.41, 5.74) is 5.69. The Morgan fingerprint density at radius 2 is 2.47 bits per heavy atom. The van der Waals surface area contributed by atoms with Gasteiger partial charge in [-0.2, -0.15) is 0 Å². The summed E-state index contributed by atoms with van der Waals surface area (Å²) in [7, 11) is 0. The standard InChI is InChI=1S/C10H18N4O/c1-3-4-8(11)10(15)14-7(2)9-12-5-6-13-9/h5-8H,3-4,11H2,1-2H3,(H,12,13)(H,14,15)/t7?,8-/m0/s1. The van der Waals surface area contributed by atoms with E-state index in [2.05, 4.69) is 15.3 Å². The van der Waals surface area contributed by atoms with Crippen molar-refractivity contribution >= 4 is 5.91 Å². The van der Waals surface area contributed by atoms with E-state index in [4.69, 9.17) is 5.73 Å². The molecule has 1 aromatic heterocycles. The van der Waals surface area contributed by atoms with Crippen molar-refractivity contribution in [1.29, 1.82) is 0 Å². The highest BCUT2D eigenvalue weighted by molar-refractivity contribution is 5.81. The van der Waals surface area contributed by atoms with Crippen LogP contribution >= 0.6 is 0 Å². The Bertz CT molecular complexity index is 296. The van der Waals surface area contributed by atoms with Gasteiger partial charge in [-0.25, -0.2) is 4.98 Å².